The molecule has 0 saturated carbocycles. The predicted molar refractivity (Wildman–Crippen MR) is 84.6 cm³/mol. The predicted octanol–water partition coefficient (Wildman–Crippen LogP) is 3.05. The first kappa shape index (κ1) is 18.1. The highest BCUT2D eigenvalue weighted by Crippen LogP contribution is 2.22. The molecule has 1 aromatic carbocycles. The zero-order chi connectivity index (χ0) is 17.6. The molecule has 0 aliphatic rings. The van der Waals surface area contributed by atoms with Crippen LogP contribution in [-0.4, -0.2) is 27.6 Å². The Morgan fingerprint density at radius 1 is 1.22 bits per heavy atom. The Kier molecular flexibility index (Phi) is 5.78. The zero-order valence-electron chi connectivity index (χ0n) is 13.0. The molecule has 0 aromatic heterocycles. The monoisotopic (exact) mass is 319 g/mol. The van der Waals surface area contributed by atoms with E-state index >= 15 is 0 Å². The number of carboxylic acid groups (broad SMARTS) is 1. The van der Waals surface area contributed by atoms with E-state index in [0.29, 0.717) is 5.56 Å². The summed E-state index contributed by atoms with van der Waals surface area (Å²) >= 11 is 0. The highest BCUT2D eigenvalue weighted by atomic mass is 16.6. The average molecular weight is 319 g/mol. The van der Waals surface area contributed by atoms with Gasteiger partial charge < -0.3 is 9.84 Å². The lowest BCUT2D eigenvalue weighted by Gasteiger charge is -2.17. The van der Waals surface area contributed by atoms with Crippen LogP contribution < -0.4 is 0 Å². The Morgan fingerprint density at radius 2 is 1.87 bits per heavy atom. The topological polar surface area (TPSA) is 107 Å². The fraction of sp³-hybridized carbons (Fsp3) is 0.250. The average Bonchev–Trinajstić information content (AvgIpc) is 2.41. The van der Waals surface area contributed by atoms with Gasteiger partial charge in [0.05, 0.1) is 10.5 Å². The van der Waals surface area contributed by atoms with E-state index in [1.165, 1.54) is 30.4 Å². The van der Waals surface area contributed by atoms with Crippen molar-refractivity contribution in [2.24, 2.45) is 0 Å². The summed E-state index contributed by atoms with van der Waals surface area (Å²) < 4.78 is 5.08. The molecule has 7 heteroatoms. The van der Waals surface area contributed by atoms with Crippen molar-refractivity contribution < 1.29 is 24.4 Å². The molecule has 0 amide bonds. The molecule has 0 atom stereocenters. The summed E-state index contributed by atoms with van der Waals surface area (Å²) in [6.07, 6.45) is 4.53. The molecule has 1 N–H and O–H groups in total. The molecule has 0 radical (unpaired) electrons. The minimum absolute atomic E-state index is 0.216. The van der Waals surface area contributed by atoms with Crippen LogP contribution in [-0.2, 0) is 14.3 Å². The van der Waals surface area contributed by atoms with Gasteiger partial charge in [-0.1, -0.05) is 6.07 Å². The Balaban J connectivity index is 3.05. The van der Waals surface area contributed by atoms with Crippen molar-refractivity contribution in [2.45, 2.75) is 26.4 Å². The number of carboxylic acids is 1. The van der Waals surface area contributed by atoms with E-state index in [2.05, 4.69) is 0 Å². The fourth-order valence-corrected chi connectivity index (χ4v) is 1.62. The Hall–Kier alpha value is -2.96. The molecule has 122 valence electrons. The lowest BCUT2D eigenvalue weighted by molar-refractivity contribution is -0.385. The maximum absolute atomic E-state index is 11.6. The highest BCUT2D eigenvalue weighted by molar-refractivity contribution is 5.89. The number of nitrogens with zero attached hydrogens (tertiary/aromatic N) is 1. The summed E-state index contributed by atoms with van der Waals surface area (Å²) in [4.78, 5) is 32.6. The molecule has 0 saturated heterocycles. The highest BCUT2D eigenvalue weighted by Gasteiger charge is 2.15. The van der Waals surface area contributed by atoms with Gasteiger partial charge in [-0.2, -0.15) is 0 Å². The van der Waals surface area contributed by atoms with Gasteiger partial charge >= 0.3 is 11.9 Å². The third kappa shape index (κ3) is 6.56. The number of hydrogen-bond acceptors (Lipinski definition) is 5. The molecule has 0 aliphatic carbocycles. The van der Waals surface area contributed by atoms with Crippen molar-refractivity contribution in [1.82, 2.24) is 0 Å². The molecule has 0 heterocycles. The van der Waals surface area contributed by atoms with E-state index in [1.54, 1.807) is 20.8 Å². The molecule has 1 aromatic rings. The van der Waals surface area contributed by atoms with E-state index in [0.717, 1.165) is 12.2 Å². The number of rotatable bonds is 5. The first-order valence-corrected chi connectivity index (χ1v) is 6.69. The second-order valence-corrected chi connectivity index (χ2v) is 5.61. The van der Waals surface area contributed by atoms with Crippen molar-refractivity contribution in [1.29, 1.82) is 0 Å². The number of benzene rings is 1. The number of ether oxygens (including phenoxy) is 1. The Labute approximate surface area is 133 Å². The minimum Gasteiger partial charge on any atom is -0.478 e. The summed E-state index contributed by atoms with van der Waals surface area (Å²) in [5, 5.41) is 19.7. The van der Waals surface area contributed by atoms with Gasteiger partial charge in [0.25, 0.3) is 5.69 Å². The maximum atomic E-state index is 11.6. The number of carbonyl (C=O) groups is 2. The molecule has 1 rings (SSSR count). The third-order valence-electron chi connectivity index (χ3n) is 2.48. The van der Waals surface area contributed by atoms with Crippen molar-refractivity contribution in [2.75, 3.05) is 0 Å². The Morgan fingerprint density at radius 3 is 2.39 bits per heavy atom. The fourth-order valence-electron chi connectivity index (χ4n) is 1.62. The van der Waals surface area contributed by atoms with E-state index < -0.39 is 22.5 Å². The van der Waals surface area contributed by atoms with Crippen LogP contribution in [0, 0.1) is 10.1 Å². The Bertz CT molecular complexity index is 682. The third-order valence-corrected chi connectivity index (χ3v) is 2.48. The van der Waals surface area contributed by atoms with Gasteiger partial charge in [0, 0.05) is 18.2 Å². The number of nitro groups is 1. The van der Waals surface area contributed by atoms with E-state index in [-0.39, 0.29) is 11.3 Å². The molecule has 0 fully saturated rings. The maximum Gasteiger partial charge on any atom is 0.331 e. The van der Waals surface area contributed by atoms with Crippen LogP contribution in [0.1, 0.15) is 31.9 Å². The lowest BCUT2D eigenvalue weighted by Crippen LogP contribution is -2.22. The van der Waals surface area contributed by atoms with Crippen LogP contribution in [0.4, 0.5) is 5.69 Å². The van der Waals surface area contributed by atoms with Crippen molar-refractivity contribution in [3.8, 4) is 0 Å². The lowest BCUT2D eigenvalue weighted by atomic mass is 10.1. The SMILES string of the molecule is CC(C)(C)OC(=O)/C=C/c1ccc(/C=C/C(=O)O)cc1[N+](=O)[O-]. The van der Waals surface area contributed by atoms with E-state index in [9.17, 15) is 19.7 Å². The molecular formula is C16H17NO6. The summed E-state index contributed by atoms with van der Waals surface area (Å²) in [6, 6.07) is 4.18. The van der Waals surface area contributed by atoms with Crippen LogP contribution in [0.2, 0.25) is 0 Å². The quantitative estimate of drug-likeness (QED) is 0.387. The van der Waals surface area contributed by atoms with Gasteiger partial charge in [-0.3, -0.25) is 10.1 Å². The van der Waals surface area contributed by atoms with Crippen LogP contribution in [0.3, 0.4) is 0 Å². The number of esters is 1. The molecule has 0 spiro atoms. The van der Waals surface area contributed by atoms with Crippen molar-refractivity contribution in [3.05, 3.63) is 51.6 Å². The second-order valence-electron chi connectivity index (χ2n) is 5.61. The molecule has 0 bridgehead atoms. The van der Waals surface area contributed by atoms with Gasteiger partial charge in [0.15, 0.2) is 0 Å². The zero-order valence-corrected chi connectivity index (χ0v) is 13.0. The molecular weight excluding hydrogens is 302 g/mol. The molecule has 0 unspecified atom stereocenters. The summed E-state index contributed by atoms with van der Waals surface area (Å²) in [5.74, 6) is -1.76. The minimum atomic E-state index is -1.15. The van der Waals surface area contributed by atoms with Gasteiger partial charge in [0.2, 0.25) is 0 Å². The van der Waals surface area contributed by atoms with E-state index in [4.69, 9.17) is 9.84 Å². The number of nitro benzene ring substituents is 1. The number of aliphatic carboxylic acids is 1. The van der Waals surface area contributed by atoms with E-state index in [1.807, 2.05) is 0 Å². The first-order chi connectivity index (χ1) is 10.6. The molecule has 23 heavy (non-hydrogen) atoms. The molecule has 7 nitrogen and oxygen atoms in total. The van der Waals surface area contributed by atoms with Crippen LogP contribution >= 0.6 is 0 Å². The first-order valence-electron chi connectivity index (χ1n) is 6.69. The number of hydrogen-bond donors (Lipinski definition) is 1. The normalized spacial score (nSPS) is 11.8. The van der Waals surface area contributed by atoms with Gasteiger partial charge in [-0.25, -0.2) is 9.59 Å². The summed E-state index contributed by atoms with van der Waals surface area (Å²) in [6.45, 7) is 5.14. The molecule has 0 aliphatic heterocycles. The number of carbonyl (C=O) groups excluding carboxylic acids is 1. The van der Waals surface area contributed by atoms with Gasteiger partial charge in [0.1, 0.15) is 5.60 Å². The van der Waals surface area contributed by atoms with Crippen LogP contribution in [0.15, 0.2) is 30.4 Å². The summed E-state index contributed by atoms with van der Waals surface area (Å²) in [7, 11) is 0. The standard InChI is InChI=1S/C16H17NO6/c1-16(2,3)23-15(20)9-7-12-6-4-11(5-8-14(18)19)10-13(12)17(21)22/h4-10H,1-3H3,(H,18,19)/b8-5+,9-7+. The second kappa shape index (κ2) is 7.35. The van der Waals surface area contributed by atoms with Gasteiger partial charge in [-0.15, -0.1) is 0 Å². The van der Waals surface area contributed by atoms with Crippen LogP contribution in [0.5, 0.6) is 0 Å². The van der Waals surface area contributed by atoms with Crippen molar-refractivity contribution >= 4 is 29.8 Å². The van der Waals surface area contributed by atoms with Gasteiger partial charge in [-0.05, 0) is 44.6 Å². The van der Waals surface area contributed by atoms with Crippen molar-refractivity contribution in [3.63, 3.8) is 0 Å². The van der Waals surface area contributed by atoms with Crippen LogP contribution in [0.25, 0.3) is 12.2 Å². The largest absolute Gasteiger partial charge is 0.478 e. The smallest absolute Gasteiger partial charge is 0.331 e. The summed E-state index contributed by atoms with van der Waals surface area (Å²) in [5.41, 5.74) is -0.307.